The van der Waals surface area contributed by atoms with Gasteiger partial charge in [0.15, 0.2) is 5.69 Å². The Bertz CT molecular complexity index is 919. The summed E-state index contributed by atoms with van der Waals surface area (Å²) in [4.78, 5) is 22.3. The summed E-state index contributed by atoms with van der Waals surface area (Å²) in [6.07, 6.45) is 5.02. The number of methoxy groups -OCH3 is 1. The Kier molecular flexibility index (Phi) is 3.79. The van der Waals surface area contributed by atoms with Crippen LogP contribution in [0.2, 0.25) is 0 Å². The first-order chi connectivity index (χ1) is 12.2. The number of aromatic nitrogens is 6. The normalized spacial score (nSPS) is 17.8. The van der Waals surface area contributed by atoms with Gasteiger partial charge in [-0.05, 0) is 19.8 Å². The van der Waals surface area contributed by atoms with Crippen LogP contribution in [0.4, 0.5) is 5.82 Å². The minimum absolute atomic E-state index is 0.0878. The summed E-state index contributed by atoms with van der Waals surface area (Å²) < 4.78 is 11.6. The summed E-state index contributed by atoms with van der Waals surface area (Å²) in [5, 5.41) is 12.8. The van der Waals surface area contributed by atoms with E-state index < -0.39 is 5.97 Å². The fourth-order valence-electron chi connectivity index (χ4n) is 3.16. The largest absolute Gasteiger partial charge is 0.464 e. The van der Waals surface area contributed by atoms with Crippen molar-refractivity contribution in [3.63, 3.8) is 0 Å². The van der Waals surface area contributed by atoms with Gasteiger partial charge in [-0.25, -0.2) is 14.5 Å². The number of piperidine rings is 1. The second-order valence-corrected chi connectivity index (χ2v) is 5.96. The van der Waals surface area contributed by atoms with E-state index in [-0.39, 0.29) is 11.7 Å². The topological polar surface area (TPSA) is 112 Å². The zero-order chi connectivity index (χ0) is 17.4. The van der Waals surface area contributed by atoms with Gasteiger partial charge in [0.1, 0.15) is 17.5 Å². The number of carbonyl (C=O) groups excluding carboxylic acids is 1. The number of fused-ring (bicyclic) bond motifs is 1. The first-order valence-electron chi connectivity index (χ1n) is 7.99. The molecule has 130 valence electrons. The lowest BCUT2D eigenvalue weighted by Crippen LogP contribution is -2.37. The lowest BCUT2D eigenvalue weighted by Gasteiger charge is -2.33. The van der Waals surface area contributed by atoms with Crippen LogP contribution >= 0.6 is 0 Å². The SMILES string of the molecule is COC(=O)c1cn(C2CCCN(c3ncnc4onc(C)c34)C2)nn1. The van der Waals surface area contributed by atoms with Crippen LogP contribution in [0.5, 0.6) is 0 Å². The van der Waals surface area contributed by atoms with Crippen LogP contribution in [0.15, 0.2) is 17.0 Å². The molecular formula is C15H17N7O3. The number of esters is 1. The highest BCUT2D eigenvalue weighted by Gasteiger charge is 2.26. The molecule has 1 unspecified atom stereocenters. The number of hydrogen-bond acceptors (Lipinski definition) is 9. The van der Waals surface area contributed by atoms with Crippen LogP contribution in [-0.2, 0) is 4.74 Å². The molecule has 25 heavy (non-hydrogen) atoms. The molecule has 3 aromatic heterocycles. The Morgan fingerprint density at radius 2 is 2.28 bits per heavy atom. The van der Waals surface area contributed by atoms with E-state index >= 15 is 0 Å². The highest BCUT2D eigenvalue weighted by Crippen LogP contribution is 2.30. The minimum Gasteiger partial charge on any atom is -0.464 e. The van der Waals surface area contributed by atoms with Crippen molar-refractivity contribution in [2.75, 3.05) is 25.1 Å². The van der Waals surface area contributed by atoms with E-state index in [0.29, 0.717) is 12.3 Å². The number of anilines is 1. The van der Waals surface area contributed by atoms with Crippen molar-refractivity contribution in [2.45, 2.75) is 25.8 Å². The van der Waals surface area contributed by atoms with Gasteiger partial charge in [-0.2, -0.15) is 4.98 Å². The number of carbonyl (C=O) groups is 1. The smallest absolute Gasteiger partial charge is 0.360 e. The van der Waals surface area contributed by atoms with Crippen molar-refractivity contribution >= 4 is 22.9 Å². The summed E-state index contributed by atoms with van der Waals surface area (Å²) in [6, 6.07) is 0.0878. The van der Waals surface area contributed by atoms with Crippen LogP contribution in [0, 0.1) is 6.92 Å². The van der Waals surface area contributed by atoms with Crippen LogP contribution in [-0.4, -0.2) is 56.3 Å². The molecule has 4 rings (SSSR count). The number of ether oxygens (including phenoxy) is 1. The lowest BCUT2D eigenvalue weighted by atomic mass is 10.1. The minimum atomic E-state index is -0.489. The molecule has 10 nitrogen and oxygen atoms in total. The molecule has 0 bridgehead atoms. The van der Waals surface area contributed by atoms with E-state index in [9.17, 15) is 4.79 Å². The van der Waals surface area contributed by atoms with Crippen molar-refractivity contribution in [1.29, 1.82) is 0 Å². The molecule has 1 aliphatic heterocycles. The van der Waals surface area contributed by atoms with E-state index in [4.69, 9.17) is 4.52 Å². The van der Waals surface area contributed by atoms with E-state index in [1.165, 1.54) is 13.4 Å². The van der Waals surface area contributed by atoms with Crippen molar-refractivity contribution < 1.29 is 14.1 Å². The van der Waals surface area contributed by atoms with Gasteiger partial charge in [-0.3, -0.25) is 0 Å². The monoisotopic (exact) mass is 343 g/mol. The Morgan fingerprint density at radius 1 is 1.40 bits per heavy atom. The van der Waals surface area contributed by atoms with Crippen molar-refractivity contribution in [3.05, 3.63) is 23.9 Å². The highest BCUT2D eigenvalue weighted by atomic mass is 16.5. The fraction of sp³-hybridized carbons (Fsp3) is 0.467. The standard InChI is InChI=1S/C15H17N7O3/c1-9-12-13(16-8-17-14(12)25-19-9)21-5-3-4-10(6-21)22-7-11(18-20-22)15(23)24-2/h7-8,10H,3-6H2,1-2H3. The van der Waals surface area contributed by atoms with Crippen LogP contribution < -0.4 is 4.90 Å². The molecule has 3 aromatic rings. The zero-order valence-corrected chi connectivity index (χ0v) is 13.9. The van der Waals surface area contributed by atoms with Gasteiger partial charge >= 0.3 is 5.97 Å². The van der Waals surface area contributed by atoms with E-state index in [0.717, 1.165) is 36.3 Å². The average molecular weight is 343 g/mol. The van der Waals surface area contributed by atoms with Gasteiger partial charge in [0.25, 0.3) is 5.71 Å². The van der Waals surface area contributed by atoms with Gasteiger partial charge in [0.05, 0.1) is 25.0 Å². The maximum Gasteiger partial charge on any atom is 0.360 e. The van der Waals surface area contributed by atoms with Gasteiger partial charge in [-0.1, -0.05) is 10.4 Å². The van der Waals surface area contributed by atoms with Gasteiger partial charge in [0.2, 0.25) is 0 Å². The van der Waals surface area contributed by atoms with Crippen molar-refractivity contribution in [1.82, 2.24) is 30.1 Å². The third-order valence-electron chi connectivity index (χ3n) is 4.40. The van der Waals surface area contributed by atoms with Crippen LogP contribution in [0.3, 0.4) is 0 Å². The molecule has 1 saturated heterocycles. The summed E-state index contributed by atoms with van der Waals surface area (Å²) in [5.74, 6) is 0.318. The molecule has 0 spiro atoms. The number of hydrogen-bond donors (Lipinski definition) is 0. The highest BCUT2D eigenvalue weighted by molar-refractivity contribution is 5.88. The molecule has 1 atom stereocenters. The lowest BCUT2D eigenvalue weighted by molar-refractivity contribution is 0.0594. The molecule has 0 N–H and O–H groups in total. The molecule has 0 saturated carbocycles. The number of rotatable bonds is 3. The van der Waals surface area contributed by atoms with Crippen LogP contribution in [0.25, 0.3) is 11.1 Å². The number of nitrogens with zero attached hydrogens (tertiary/aromatic N) is 7. The maximum atomic E-state index is 11.6. The summed E-state index contributed by atoms with van der Waals surface area (Å²) >= 11 is 0. The van der Waals surface area contributed by atoms with Gasteiger partial charge < -0.3 is 14.2 Å². The molecule has 4 heterocycles. The summed E-state index contributed by atoms with van der Waals surface area (Å²) in [6.45, 7) is 3.44. The maximum absolute atomic E-state index is 11.6. The first-order valence-corrected chi connectivity index (χ1v) is 7.99. The predicted molar refractivity (Wildman–Crippen MR) is 86.2 cm³/mol. The average Bonchev–Trinajstić information content (AvgIpc) is 3.29. The second kappa shape index (κ2) is 6.11. The molecule has 0 aromatic carbocycles. The van der Waals surface area contributed by atoms with Gasteiger partial charge in [-0.15, -0.1) is 5.10 Å². The molecule has 1 aliphatic rings. The van der Waals surface area contributed by atoms with Crippen LogP contribution in [0.1, 0.15) is 35.1 Å². The molecule has 0 aliphatic carbocycles. The third kappa shape index (κ3) is 2.69. The van der Waals surface area contributed by atoms with E-state index in [1.807, 2.05) is 6.92 Å². The van der Waals surface area contributed by atoms with Crippen molar-refractivity contribution in [2.24, 2.45) is 0 Å². The van der Waals surface area contributed by atoms with E-state index in [1.54, 1.807) is 10.9 Å². The Hall–Kier alpha value is -3.04. The summed E-state index contributed by atoms with van der Waals surface area (Å²) in [7, 11) is 1.32. The molecule has 1 fully saturated rings. The number of aryl methyl sites for hydroxylation is 1. The quantitative estimate of drug-likeness (QED) is 0.646. The summed E-state index contributed by atoms with van der Waals surface area (Å²) in [5.41, 5.74) is 1.46. The third-order valence-corrected chi connectivity index (χ3v) is 4.40. The molecular weight excluding hydrogens is 326 g/mol. The molecule has 10 heteroatoms. The molecule has 0 amide bonds. The predicted octanol–water partition coefficient (Wildman–Crippen LogP) is 1.15. The Balaban J connectivity index is 1.61. The van der Waals surface area contributed by atoms with E-state index in [2.05, 4.69) is 35.1 Å². The zero-order valence-electron chi connectivity index (χ0n) is 13.9. The second-order valence-electron chi connectivity index (χ2n) is 5.96. The first kappa shape index (κ1) is 15.5. The Labute approximate surface area is 142 Å². The van der Waals surface area contributed by atoms with Crippen molar-refractivity contribution in [3.8, 4) is 0 Å². The molecule has 0 radical (unpaired) electrons. The Morgan fingerprint density at radius 3 is 3.12 bits per heavy atom. The fourth-order valence-corrected chi connectivity index (χ4v) is 3.16. The van der Waals surface area contributed by atoms with Gasteiger partial charge in [0, 0.05) is 13.1 Å².